The lowest BCUT2D eigenvalue weighted by molar-refractivity contribution is -0.125. The summed E-state index contributed by atoms with van der Waals surface area (Å²) in [6.07, 6.45) is -3.75. The van der Waals surface area contributed by atoms with Crippen LogP contribution in [-0.4, -0.2) is 39.9 Å². The zero-order valence-corrected chi connectivity index (χ0v) is 5.06. The fourth-order valence-electron chi connectivity index (χ4n) is 0.366. The van der Waals surface area contributed by atoms with Gasteiger partial charge >= 0.3 is 0 Å². The highest BCUT2D eigenvalue weighted by atomic mass is 16.4. The maximum Gasteiger partial charge on any atom is 0.151 e. The van der Waals surface area contributed by atoms with Gasteiger partial charge in [0.2, 0.25) is 0 Å². The van der Waals surface area contributed by atoms with E-state index in [1.165, 1.54) is 6.92 Å². The Morgan fingerprint density at radius 3 is 1.89 bits per heavy atom. The van der Waals surface area contributed by atoms with Crippen molar-refractivity contribution in [2.24, 2.45) is 0 Å². The molecule has 0 saturated heterocycles. The summed E-state index contributed by atoms with van der Waals surface area (Å²) in [6, 6.07) is 0. The predicted octanol–water partition coefficient (Wildman–Crippen LogP) is -1.71. The fraction of sp³-hybridized carbons (Fsp3) is 0.800. The Balaban J connectivity index is 3.71. The van der Waals surface area contributed by atoms with E-state index in [9.17, 15) is 4.79 Å². The van der Waals surface area contributed by atoms with Crippen molar-refractivity contribution < 1.29 is 20.1 Å². The Labute approximate surface area is 52.7 Å². The second kappa shape index (κ2) is 3.55. The van der Waals surface area contributed by atoms with Gasteiger partial charge in [-0.3, -0.25) is 0 Å². The summed E-state index contributed by atoms with van der Waals surface area (Å²) in [5, 5.41) is 25.7. The van der Waals surface area contributed by atoms with Gasteiger partial charge in [0.25, 0.3) is 0 Å². The summed E-state index contributed by atoms with van der Waals surface area (Å²) >= 11 is 0. The Hall–Kier alpha value is -0.450. The SMILES string of the molecule is C[C@H](O)[C@H](O)[C@H](O)C=O. The molecule has 4 nitrogen and oxygen atoms in total. The molecule has 0 bridgehead atoms. The number of carbonyl (C=O) groups is 1. The number of rotatable bonds is 3. The second-order valence-corrected chi connectivity index (χ2v) is 1.86. The normalized spacial score (nSPS) is 20.4. The molecule has 9 heavy (non-hydrogen) atoms. The summed E-state index contributed by atoms with van der Waals surface area (Å²) < 4.78 is 0. The Morgan fingerprint density at radius 1 is 1.33 bits per heavy atom. The molecule has 0 amide bonds. The quantitative estimate of drug-likeness (QED) is 0.401. The highest BCUT2D eigenvalue weighted by molar-refractivity contribution is 5.56. The Morgan fingerprint density at radius 2 is 1.78 bits per heavy atom. The van der Waals surface area contributed by atoms with Crippen molar-refractivity contribution >= 4 is 6.29 Å². The van der Waals surface area contributed by atoms with Crippen molar-refractivity contribution in [3.05, 3.63) is 0 Å². The lowest BCUT2D eigenvalue weighted by atomic mass is 10.1. The minimum Gasteiger partial charge on any atom is -0.391 e. The minimum absolute atomic E-state index is 0.178. The van der Waals surface area contributed by atoms with Crippen LogP contribution < -0.4 is 0 Å². The monoisotopic (exact) mass is 134 g/mol. The molecule has 4 heteroatoms. The van der Waals surface area contributed by atoms with E-state index in [-0.39, 0.29) is 6.29 Å². The maximum atomic E-state index is 9.73. The molecule has 0 unspecified atom stereocenters. The van der Waals surface area contributed by atoms with Crippen LogP contribution in [0.4, 0.5) is 0 Å². The Bertz CT molecular complexity index is 91.0. The van der Waals surface area contributed by atoms with E-state index in [1.54, 1.807) is 0 Å². The molecule has 0 saturated carbocycles. The van der Waals surface area contributed by atoms with Crippen LogP contribution in [0.1, 0.15) is 6.92 Å². The summed E-state index contributed by atoms with van der Waals surface area (Å²) in [5.41, 5.74) is 0. The van der Waals surface area contributed by atoms with Gasteiger partial charge in [-0.25, -0.2) is 0 Å². The molecule has 0 heterocycles. The number of aldehydes is 1. The van der Waals surface area contributed by atoms with Gasteiger partial charge in [0.05, 0.1) is 6.10 Å². The first kappa shape index (κ1) is 8.55. The van der Waals surface area contributed by atoms with Gasteiger partial charge in [-0.2, -0.15) is 0 Å². The third kappa shape index (κ3) is 2.55. The van der Waals surface area contributed by atoms with E-state index < -0.39 is 18.3 Å². The van der Waals surface area contributed by atoms with E-state index in [1.807, 2.05) is 0 Å². The van der Waals surface area contributed by atoms with E-state index in [2.05, 4.69) is 0 Å². The van der Waals surface area contributed by atoms with Gasteiger partial charge in [0.15, 0.2) is 6.29 Å². The van der Waals surface area contributed by atoms with Crippen molar-refractivity contribution in [3.63, 3.8) is 0 Å². The largest absolute Gasteiger partial charge is 0.391 e. The maximum absolute atomic E-state index is 9.73. The zero-order valence-electron chi connectivity index (χ0n) is 5.06. The molecule has 0 aromatic rings. The van der Waals surface area contributed by atoms with Gasteiger partial charge in [0, 0.05) is 0 Å². The van der Waals surface area contributed by atoms with Crippen LogP contribution in [-0.2, 0) is 4.79 Å². The summed E-state index contributed by atoms with van der Waals surface area (Å²) in [5.74, 6) is 0. The lowest BCUT2D eigenvalue weighted by Crippen LogP contribution is -2.36. The average Bonchev–Trinajstić information content (AvgIpc) is 1.84. The van der Waals surface area contributed by atoms with Gasteiger partial charge in [-0.15, -0.1) is 0 Å². The summed E-state index contributed by atoms with van der Waals surface area (Å²) in [7, 11) is 0. The number of hydrogen-bond donors (Lipinski definition) is 3. The van der Waals surface area contributed by atoms with Gasteiger partial charge < -0.3 is 20.1 Å². The highest BCUT2D eigenvalue weighted by Gasteiger charge is 2.19. The van der Waals surface area contributed by atoms with Crippen LogP contribution in [0, 0.1) is 0 Å². The second-order valence-electron chi connectivity index (χ2n) is 1.86. The topological polar surface area (TPSA) is 77.8 Å². The zero-order chi connectivity index (χ0) is 7.44. The number of carbonyl (C=O) groups excluding carboxylic acids is 1. The first-order chi connectivity index (χ1) is 4.09. The van der Waals surface area contributed by atoms with Crippen molar-refractivity contribution in [2.45, 2.75) is 25.2 Å². The van der Waals surface area contributed by atoms with E-state index >= 15 is 0 Å². The van der Waals surface area contributed by atoms with Crippen LogP contribution >= 0.6 is 0 Å². The van der Waals surface area contributed by atoms with Gasteiger partial charge in [-0.1, -0.05) is 0 Å². The molecule has 3 atom stereocenters. The standard InChI is InChI=1S/C5H10O4/c1-3(7)5(9)4(8)2-6/h2-5,7-9H,1H3/t3-,4+,5-/m0/s1. The molecule has 0 aliphatic heterocycles. The number of aliphatic hydroxyl groups excluding tert-OH is 3. The van der Waals surface area contributed by atoms with E-state index in [0.717, 1.165) is 0 Å². The van der Waals surface area contributed by atoms with Crippen molar-refractivity contribution in [1.29, 1.82) is 0 Å². The van der Waals surface area contributed by atoms with Crippen LogP contribution in [0.5, 0.6) is 0 Å². The highest BCUT2D eigenvalue weighted by Crippen LogP contribution is 1.95. The molecule has 0 spiro atoms. The Kier molecular flexibility index (Phi) is 3.37. The molecule has 0 rings (SSSR count). The van der Waals surface area contributed by atoms with Crippen LogP contribution in [0.25, 0.3) is 0 Å². The molecule has 0 fully saturated rings. The lowest BCUT2D eigenvalue weighted by Gasteiger charge is -2.14. The molecule has 0 aromatic carbocycles. The smallest absolute Gasteiger partial charge is 0.151 e. The fourth-order valence-corrected chi connectivity index (χ4v) is 0.366. The molecule has 0 aromatic heterocycles. The number of hydrogen-bond acceptors (Lipinski definition) is 4. The van der Waals surface area contributed by atoms with Crippen molar-refractivity contribution in [1.82, 2.24) is 0 Å². The molecule has 0 aliphatic carbocycles. The van der Waals surface area contributed by atoms with Gasteiger partial charge in [-0.05, 0) is 6.92 Å². The van der Waals surface area contributed by atoms with E-state index in [4.69, 9.17) is 15.3 Å². The molecular formula is C5H10O4. The van der Waals surface area contributed by atoms with Crippen molar-refractivity contribution in [2.75, 3.05) is 0 Å². The van der Waals surface area contributed by atoms with Gasteiger partial charge in [0.1, 0.15) is 12.2 Å². The van der Waals surface area contributed by atoms with Crippen LogP contribution in [0.2, 0.25) is 0 Å². The predicted molar refractivity (Wildman–Crippen MR) is 29.8 cm³/mol. The summed E-state index contributed by atoms with van der Waals surface area (Å²) in [6.45, 7) is 1.29. The minimum atomic E-state index is -1.48. The molecule has 0 aliphatic rings. The average molecular weight is 134 g/mol. The third-order valence-corrected chi connectivity index (χ3v) is 0.984. The van der Waals surface area contributed by atoms with E-state index in [0.29, 0.717) is 0 Å². The first-order valence-electron chi connectivity index (χ1n) is 2.59. The molecule has 3 N–H and O–H groups in total. The van der Waals surface area contributed by atoms with Crippen LogP contribution in [0.15, 0.2) is 0 Å². The molecule has 54 valence electrons. The van der Waals surface area contributed by atoms with Crippen molar-refractivity contribution in [3.8, 4) is 0 Å². The van der Waals surface area contributed by atoms with Crippen LogP contribution in [0.3, 0.4) is 0 Å². The molecular weight excluding hydrogens is 124 g/mol. The molecule has 0 radical (unpaired) electrons. The third-order valence-electron chi connectivity index (χ3n) is 0.984. The number of aliphatic hydroxyl groups is 3. The first-order valence-corrected chi connectivity index (χ1v) is 2.59. The summed E-state index contributed by atoms with van der Waals surface area (Å²) in [4.78, 5) is 9.73.